The molecule has 78 valence electrons. The van der Waals surface area contributed by atoms with E-state index in [1.54, 1.807) is 11.8 Å². The van der Waals surface area contributed by atoms with Gasteiger partial charge in [-0.25, -0.2) is 13.8 Å². The van der Waals surface area contributed by atoms with Gasteiger partial charge in [0.05, 0.1) is 6.20 Å². The summed E-state index contributed by atoms with van der Waals surface area (Å²) in [5, 5.41) is 3.18. The van der Waals surface area contributed by atoms with E-state index in [0.717, 1.165) is 12.3 Å². The Balaban J connectivity index is 2.59. The standard InChI is InChI=1S/C9H12F2N2S/c1-6(14-2)4-12-9-8(11)3-7(10)5-13-9/h3,5-6H,4H2,1-2H3,(H,12,13). The molecule has 5 heteroatoms. The lowest BCUT2D eigenvalue weighted by molar-refractivity contribution is 0.575. The molecule has 1 unspecified atom stereocenters. The normalized spacial score (nSPS) is 12.6. The number of nitrogens with one attached hydrogen (secondary N) is 1. The summed E-state index contributed by atoms with van der Waals surface area (Å²) >= 11 is 1.67. The molecule has 0 saturated heterocycles. The fourth-order valence-corrected chi connectivity index (χ4v) is 1.12. The van der Waals surface area contributed by atoms with Crippen LogP contribution in [0.1, 0.15) is 6.92 Å². The van der Waals surface area contributed by atoms with E-state index < -0.39 is 11.6 Å². The molecule has 2 nitrogen and oxygen atoms in total. The van der Waals surface area contributed by atoms with Gasteiger partial charge in [0.2, 0.25) is 0 Å². The summed E-state index contributed by atoms with van der Waals surface area (Å²) in [5.41, 5.74) is 0. The number of thioether (sulfide) groups is 1. The molecule has 1 N–H and O–H groups in total. The zero-order valence-corrected chi connectivity index (χ0v) is 8.87. The maximum absolute atomic E-state index is 13.0. The third-order valence-electron chi connectivity index (χ3n) is 1.77. The van der Waals surface area contributed by atoms with Crippen molar-refractivity contribution in [1.82, 2.24) is 4.98 Å². The number of hydrogen-bond donors (Lipinski definition) is 1. The minimum Gasteiger partial charge on any atom is -0.367 e. The Hall–Kier alpha value is -0.840. The Labute approximate surface area is 86.1 Å². The molecule has 0 saturated carbocycles. The van der Waals surface area contributed by atoms with Gasteiger partial charge in [-0.05, 0) is 6.26 Å². The highest BCUT2D eigenvalue weighted by Crippen LogP contribution is 2.12. The zero-order chi connectivity index (χ0) is 10.6. The van der Waals surface area contributed by atoms with Gasteiger partial charge in [-0.15, -0.1) is 0 Å². The molecule has 1 rings (SSSR count). The SMILES string of the molecule is CSC(C)CNc1ncc(F)cc1F. The van der Waals surface area contributed by atoms with Crippen LogP contribution in [0.5, 0.6) is 0 Å². The molecule has 0 aliphatic heterocycles. The van der Waals surface area contributed by atoms with Crippen molar-refractivity contribution in [3.8, 4) is 0 Å². The Morgan fingerprint density at radius 1 is 1.57 bits per heavy atom. The number of halogens is 2. The van der Waals surface area contributed by atoms with Crippen LogP contribution in [0.3, 0.4) is 0 Å². The van der Waals surface area contributed by atoms with E-state index in [9.17, 15) is 8.78 Å². The lowest BCUT2D eigenvalue weighted by Gasteiger charge is -2.10. The number of anilines is 1. The van der Waals surface area contributed by atoms with Crippen molar-refractivity contribution >= 4 is 17.6 Å². The predicted octanol–water partition coefficient (Wildman–Crippen LogP) is 2.52. The Morgan fingerprint density at radius 3 is 2.86 bits per heavy atom. The van der Waals surface area contributed by atoms with Gasteiger partial charge in [-0.2, -0.15) is 11.8 Å². The van der Waals surface area contributed by atoms with E-state index in [2.05, 4.69) is 10.3 Å². The minimum atomic E-state index is -0.661. The largest absolute Gasteiger partial charge is 0.367 e. The van der Waals surface area contributed by atoms with Crippen LogP contribution in [0, 0.1) is 11.6 Å². The molecule has 14 heavy (non-hydrogen) atoms. The summed E-state index contributed by atoms with van der Waals surface area (Å²) in [6.07, 6.45) is 2.97. The second kappa shape index (κ2) is 5.14. The van der Waals surface area contributed by atoms with Crippen molar-refractivity contribution in [2.45, 2.75) is 12.2 Å². The highest BCUT2D eigenvalue weighted by atomic mass is 32.2. The van der Waals surface area contributed by atoms with E-state index in [1.807, 2.05) is 13.2 Å². The molecule has 0 aliphatic carbocycles. The van der Waals surface area contributed by atoms with E-state index in [1.165, 1.54) is 0 Å². The lowest BCUT2D eigenvalue weighted by Crippen LogP contribution is -2.14. The van der Waals surface area contributed by atoms with E-state index in [-0.39, 0.29) is 5.82 Å². The van der Waals surface area contributed by atoms with Crippen molar-refractivity contribution in [2.75, 3.05) is 18.1 Å². The Bertz CT molecular complexity index is 307. The second-order valence-corrected chi connectivity index (χ2v) is 4.19. The number of aromatic nitrogens is 1. The average molecular weight is 218 g/mol. The first-order valence-electron chi connectivity index (χ1n) is 4.21. The summed E-state index contributed by atoms with van der Waals surface area (Å²) in [7, 11) is 0. The molecule has 1 aromatic heterocycles. The Morgan fingerprint density at radius 2 is 2.29 bits per heavy atom. The predicted molar refractivity (Wildman–Crippen MR) is 55.6 cm³/mol. The maximum Gasteiger partial charge on any atom is 0.168 e. The van der Waals surface area contributed by atoms with E-state index in [4.69, 9.17) is 0 Å². The zero-order valence-electron chi connectivity index (χ0n) is 8.05. The fourth-order valence-electron chi connectivity index (χ4n) is 0.868. The first-order chi connectivity index (χ1) is 6.63. The molecule has 1 heterocycles. The molecule has 1 atom stereocenters. The summed E-state index contributed by atoms with van der Waals surface area (Å²) in [6.45, 7) is 2.62. The van der Waals surface area contributed by atoms with E-state index in [0.29, 0.717) is 11.8 Å². The van der Waals surface area contributed by atoms with Gasteiger partial charge in [0.1, 0.15) is 5.82 Å². The van der Waals surface area contributed by atoms with E-state index >= 15 is 0 Å². The van der Waals surface area contributed by atoms with Crippen LogP contribution in [0.25, 0.3) is 0 Å². The summed E-state index contributed by atoms with van der Waals surface area (Å²) in [4.78, 5) is 3.61. The van der Waals surface area contributed by atoms with Crippen LogP contribution in [-0.4, -0.2) is 23.0 Å². The van der Waals surface area contributed by atoms with Gasteiger partial charge in [0.25, 0.3) is 0 Å². The van der Waals surface area contributed by atoms with Crippen LogP contribution < -0.4 is 5.32 Å². The maximum atomic E-state index is 13.0. The molecular formula is C9H12F2N2S. The van der Waals surface area contributed by atoms with Gasteiger partial charge >= 0.3 is 0 Å². The Kier molecular flexibility index (Phi) is 4.13. The monoisotopic (exact) mass is 218 g/mol. The first kappa shape index (κ1) is 11.2. The average Bonchev–Trinajstić information content (AvgIpc) is 2.16. The van der Waals surface area contributed by atoms with Gasteiger partial charge in [-0.3, -0.25) is 0 Å². The van der Waals surface area contributed by atoms with Crippen LogP contribution in [0.2, 0.25) is 0 Å². The van der Waals surface area contributed by atoms with Gasteiger partial charge in [0.15, 0.2) is 11.6 Å². The number of rotatable bonds is 4. The molecule has 1 aromatic rings. The third kappa shape index (κ3) is 3.14. The second-order valence-electron chi connectivity index (χ2n) is 2.91. The first-order valence-corrected chi connectivity index (χ1v) is 5.50. The van der Waals surface area contributed by atoms with Gasteiger partial charge in [-0.1, -0.05) is 6.92 Å². The summed E-state index contributed by atoms with van der Waals surface area (Å²) in [6, 6.07) is 0.819. The van der Waals surface area contributed by atoms with Crippen molar-refractivity contribution in [1.29, 1.82) is 0 Å². The number of pyridine rings is 1. The van der Waals surface area contributed by atoms with Crippen molar-refractivity contribution < 1.29 is 8.78 Å². The highest BCUT2D eigenvalue weighted by molar-refractivity contribution is 7.99. The molecular weight excluding hydrogens is 206 g/mol. The van der Waals surface area contributed by atoms with Gasteiger partial charge in [0, 0.05) is 17.9 Å². The number of nitrogens with zero attached hydrogens (tertiary/aromatic N) is 1. The highest BCUT2D eigenvalue weighted by Gasteiger charge is 2.06. The van der Waals surface area contributed by atoms with Gasteiger partial charge < -0.3 is 5.32 Å². The van der Waals surface area contributed by atoms with Crippen LogP contribution in [0.15, 0.2) is 12.3 Å². The molecule has 0 amide bonds. The molecule has 0 bridgehead atoms. The molecule has 0 fully saturated rings. The van der Waals surface area contributed by atoms with Crippen LogP contribution in [0.4, 0.5) is 14.6 Å². The molecule has 0 aliphatic rings. The number of hydrogen-bond acceptors (Lipinski definition) is 3. The van der Waals surface area contributed by atoms with Crippen LogP contribution in [-0.2, 0) is 0 Å². The minimum absolute atomic E-state index is 0.104. The summed E-state index contributed by atoms with van der Waals surface area (Å²) < 4.78 is 25.5. The molecule has 0 radical (unpaired) electrons. The third-order valence-corrected chi connectivity index (χ3v) is 2.74. The molecule has 0 spiro atoms. The van der Waals surface area contributed by atoms with Crippen molar-refractivity contribution in [3.05, 3.63) is 23.9 Å². The van der Waals surface area contributed by atoms with Crippen LogP contribution >= 0.6 is 11.8 Å². The van der Waals surface area contributed by atoms with Crippen molar-refractivity contribution in [3.63, 3.8) is 0 Å². The fraction of sp³-hybridized carbons (Fsp3) is 0.444. The quantitative estimate of drug-likeness (QED) is 0.840. The molecule has 0 aromatic carbocycles. The summed E-state index contributed by atoms with van der Waals surface area (Å²) in [5.74, 6) is -1.21. The topological polar surface area (TPSA) is 24.9 Å². The lowest BCUT2D eigenvalue weighted by atomic mass is 10.4. The smallest absolute Gasteiger partial charge is 0.168 e. The van der Waals surface area contributed by atoms with Crippen molar-refractivity contribution in [2.24, 2.45) is 0 Å².